The Hall–Kier alpha value is 1.60. The second-order valence-electron chi connectivity index (χ2n) is 2.87. The predicted octanol–water partition coefficient (Wildman–Crippen LogP) is -0.954. The monoisotopic (exact) mass is 165 g/mol. The first-order valence-electron chi connectivity index (χ1n) is 3.90. The maximum Gasteiger partial charge on any atom is 1.00 e. The SMILES string of the molecule is CCCC1CC[CH-]N1C.[K+]. The standard InChI is InChI=1S/C8H16N.K/c1-3-5-8-6-4-7-9(8)2;/h7-8H,3-6H2,1-2H3;/q-1;+1. The zero-order valence-electron chi connectivity index (χ0n) is 7.43. The molecule has 0 aliphatic carbocycles. The van der Waals surface area contributed by atoms with Crippen molar-refractivity contribution in [3.63, 3.8) is 0 Å². The summed E-state index contributed by atoms with van der Waals surface area (Å²) < 4.78 is 0. The van der Waals surface area contributed by atoms with Crippen molar-refractivity contribution in [1.82, 2.24) is 4.90 Å². The van der Waals surface area contributed by atoms with Gasteiger partial charge in [0.2, 0.25) is 0 Å². The van der Waals surface area contributed by atoms with Crippen molar-refractivity contribution in [2.75, 3.05) is 7.05 Å². The Morgan fingerprint density at radius 2 is 2.30 bits per heavy atom. The van der Waals surface area contributed by atoms with Crippen LogP contribution in [0.3, 0.4) is 0 Å². The molecule has 1 aliphatic rings. The Morgan fingerprint density at radius 1 is 1.60 bits per heavy atom. The number of hydrogen-bond acceptors (Lipinski definition) is 1. The summed E-state index contributed by atoms with van der Waals surface area (Å²) in [6.07, 6.45) is 5.36. The zero-order chi connectivity index (χ0) is 6.69. The number of rotatable bonds is 2. The van der Waals surface area contributed by atoms with Crippen LogP contribution in [0, 0.1) is 6.54 Å². The van der Waals surface area contributed by atoms with Crippen molar-refractivity contribution in [3.05, 3.63) is 6.54 Å². The van der Waals surface area contributed by atoms with Crippen LogP contribution in [0.2, 0.25) is 0 Å². The van der Waals surface area contributed by atoms with Crippen LogP contribution in [0.15, 0.2) is 0 Å². The average Bonchev–Trinajstić information content (AvgIpc) is 2.18. The van der Waals surface area contributed by atoms with Crippen LogP contribution in [-0.4, -0.2) is 18.0 Å². The molecule has 1 unspecified atom stereocenters. The Morgan fingerprint density at radius 3 is 2.70 bits per heavy atom. The quantitative estimate of drug-likeness (QED) is 0.377. The molecule has 0 N–H and O–H groups in total. The van der Waals surface area contributed by atoms with Crippen LogP contribution in [0.4, 0.5) is 0 Å². The van der Waals surface area contributed by atoms with Crippen molar-refractivity contribution in [2.24, 2.45) is 0 Å². The van der Waals surface area contributed by atoms with E-state index in [1.54, 1.807) is 0 Å². The molecule has 1 heterocycles. The van der Waals surface area contributed by atoms with Crippen LogP contribution in [0.1, 0.15) is 32.6 Å². The molecule has 0 aromatic rings. The van der Waals surface area contributed by atoms with Gasteiger partial charge in [-0.25, -0.2) is 0 Å². The maximum absolute atomic E-state index is 2.36. The van der Waals surface area contributed by atoms with Gasteiger partial charge in [-0.3, -0.25) is 6.54 Å². The topological polar surface area (TPSA) is 3.24 Å². The van der Waals surface area contributed by atoms with Crippen LogP contribution in [0.25, 0.3) is 0 Å². The molecular formula is C8H16KN. The molecule has 0 aromatic carbocycles. The van der Waals surface area contributed by atoms with Crippen LogP contribution in [0.5, 0.6) is 0 Å². The Balaban J connectivity index is 0.000000810. The third-order valence-electron chi connectivity index (χ3n) is 2.11. The van der Waals surface area contributed by atoms with Crippen LogP contribution >= 0.6 is 0 Å². The first kappa shape index (κ1) is 11.6. The first-order valence-corrected chi connectivity index (χ1v) is 3.90. The van der Waals surface area contributed by atoms with Gasteiger partial charge in [-0.2, -0.15) is 6.42 Å². The third kappa shape index (κ3) is 3.33. The smallest absolute Gasteiger partial charge is 0.456 e. The largest absolute Gasteiger partial charge is 1.00 e. The van der Waals surface area contributed by atoms with Gasteiger partial charge in [0.1, 0.15) is 0 Å². The predicted molar refractivity (Wildman–Crippen MR) is 40.0 cm³/mol. The minimum atomic E-state index is 0. The van der Waals surface area contributed by atoms with Gasteiger partial charge in [0.05, 0.1) is 0 Å². The zero-order valence-corrected chi connectivity index (χ0v) is 10.6. The van der Waals surface area contributed by atoms with E-state index in [2.05, 4.69) is 25.4 Å². The van der Waals surface area contributed by atoms with Gasteiger partial charge in [-0.1, -0.05) is 19.8 Å². The van der Waals surface area contributed by atoms with Crippen molar-refractivity contribution >= 4 is 0 Å². The van der Waals surface area contributed by atoms with E-state index in [1.165, 1.54) is 25.7 Å². The molecule has 0 spiro atoms. The van der Waals surface area contributed by atoms with Gasteiger partial charge in [0.25, 0.3) is 0 Å². The summed E-state index contributed by atoms with van der Waals surface area (Å²) in [7, 11) is 2.19. The summed E-state index contributed by atoms with van der Waals surface area (Å²) in [5.41, 5.74) is 0. The van der Waals surface area contributed by atoms with Gasteiger partial charge in [0, 0.05) is 0 Å². The van der Waals surface area contributed by atoms with E-state index in [4.69, 9.17) is 0 Å². The van der Waals surface area contributed by atoms with E-state index >= 15 is 0 Å². The maximum atomic E-state index is 2.36. The summed E-state index contributed by atoms with van der Waals surface area (Å²) >= 11 is 0. The fourth-order valence-corrected chi connectivity index (χ4v) is 1.50. The van der Waals surface area contributed by atoms with E-state index in [0.29, 0.717) is 0 Å². The fraction of sp³-hybridized carbons (Fsp3) is 0.875. The van der Waals surface area contributed by atoms with E-state index in [9.17, 15) is 0 Å². The molecule has 1 aliphatic heterocycles. The van der Waals surface area contributed by atoms with E-state index in [-0.39, 0.29) is 51.4 Å². The summed E-state index contributed by atoms with van der Waals surface area (Å²) in [5, 5.41) is 0. The summed E-state index contributed by atoms with van der Waals surface area (Å²) in [4.78, 5) is 2.36. The minimum absolute atomic E-state index is 0. The molecule has 54 valence electrons. The molecule has 0 aromatic heterocycles. The molecule has 1 atom stereocenters. The molecule has 1 saturated heterocycles. The molecule has 1 rings (SSSR count). The third-order valence-corrected chi connectivity index (χ3v) is 2.11. The van der Waals surface area contributed by atoms with Crippen molar-refractivity contribution < 1.29 is 51.4 Å². The summed E-state index contributed by atoms with van der Waals surface area (Å²) in [5.74, 6) is 0. The van der Waals surface area contributed by atoms with Gasteiger partial charge in [-0.05, 0) is 19.5 Å². The second kappa shape index (κ2) is 6.15. The van der Waals surface area contributed by atoms with Crippen molar-refractivity contribution in [2.45, 2.75) is 38.6 Å². The molecule has 0 amide bonds. The first-order chi connectivity index (χ1) is 4.34. The molecule has 0 bridgehead atoms. The van der Waals surface area contributed by atoms with Crippen LogP contribution < -0.4 is 51.4 Å². The van der Waals surface area contributed by atoms with E-state index < -0.39 is 0 Å². The number of nitrogens with zero attached hydrogens (tertiary/aromatic N) is 1. The molecule has 1 fully saturated rings. The van der Waals surface area contributed by atoms with E-state index in [1.807, 2.05) is 0 Å². The van der Waals surface area contributed by atoms with Gasteiger partial charge < -0.3 is 4.90 Å². The van der Waals surface area contributed by atoms with E-state index in [0.717, 1.165) is 6.04 Å². The Labute approximate surface area is 107 Å². The van der Waals surface area contributed by atoms with Crippen molar-refractivity contribution in [3.8, 4) is 0 Å². The number of likely N-dealkylation sites (tertiary alicyclic amines) is 1. The molecule has 2 heteroatoms. The van der Waals surface area contributed by atoms with Gasteiger partial charge in [0.15, 0.2) is 0 Å². The van der Waals surface area contributed by atoms with Crippen molar-refractivity contribution in [1.29, 1.82) is 0 Å². The van der Waals surface area contributed by atoms with Crippen LogP contribution in [-0.2, 0) is 0 Å². The summed E-state index contributed by atoms with van der Waals surface area (Å²) in [6, 6.07) is 0.856. The average molecular weight is 165 g/mol. The molecule has 0 radical (unpaired) electrons. The Kier molecular flexibility index (Phi) is 7.13. The normalized spacial score (nSPS) is 26.4. The second-order valence-corrected chi connectivity index (χ2v) is 2.87. The molecule has 10 heavy (non-hydrogen) atoms. The Bertz CT molecular complexity index is 85.3. The molecular weight excluding hydrogens is 149 g/mol. The van der Waals surface area contributed by atoms with Gasteiger partial charge in [-0.15, -0.1) is 0 Å². The summed E-state index contributed by atoms with van der Waals surface area (Å²) in [6.45, 7) is 4.56. The minimum Gasteiger partial charge on any atom is -0.456 e. The number of hydrogen-bond donors (Lipinski definition) is 0. The van der Waals surface area contributed by atoms with Gasteiger partial charge >= 0.3 is 51.4 Å². The molecule has 0 saturated carbocycles. The molecule has 1 nitrogen and oxygen atoms in total. The fourth-order valence-electron chi connectivity index (χ4n) is 1.50.